The van der Waals surface area contributed by atoms with Gasteiger partial charge in [-0.25, -0.2) is 9.18 Å². The van der Waals surface area contributed by atoms with Crippen molar-refractivity contribution in [2.24, 2.45) is 5.92 Å². The lowest BCUT2D eigenvalue weighted by Gasteiger charge is -2.32. The lowest BCUT2D eigenvalue weighted by molar-refractivity contribution is 0.0303. The fourth-order valence-electron chi connectivity index (χ4n) is 4.30. The molecular formula is C25H30FN3O3. The molecule has 0 radical (unpaired) electrons. The quantitative estimate of drug-likeness (QED) is 0.776. The van der Waals surface area contributed by atoms with E-state index in [0.717, 1.165) is 43.5 Å². The molecule has 6 nitrogen and oxygen atoms in total. The number of carbonyl (C=O) groups is 2. The Kier molecular flexibility index (Phi) is 7.37. The molecular weight excluding hydrogens is 409 g/mol. The number of halogens is 1. The van der Waals surface area contributed by atoms with Crippen molar-refractivity contribution < 1.29 is 18.7 Å². The van der Waals surface area contributed by atoms with Gasteiger partial charge in [0.15, 0.2) is 0 Å². The third-order valence-electron chi connectivity index (χ3n) is 6.28. The van der Waals surface area contributed by atoms with E-state index < -0.39 is 0 Å². The molecule has 0 spiro atoms. The Hall–Kier alpha value is -2.93. The predicted octanol–water partition coefficient (Wildman–Crippen LogP) is 3.46. The first kappa shape index (κ1) is 22.3. The molecule has 0 unspecified atom stereocenters. The summed E-state index contributed by atoms with van der Waals surface area (Å²) in [5.41, 5.74) is 2.83. The Labute approximate surface area is 188 Å². The van der Waals surface area contributed by atoms with Crippen LogP contribution in [0.4, 0.5) is 9.18 Å². The number of piperidine rings is 1. The molecule has 32 heavy (non-hydrogen) atoms. The summed E-state index contributed by atoms with van der Waals surface area (Å²) in [5, 5.41) is 2.92. The maximum atomic E-state index is 13.0. The van der Waals surface area contributed by atoms with Gasteiger partial charge in [-0.3, -0.25) is 4.79 Å². The minimum Gasteiger partial charge on any atom is -0.378 e. The first-order chi connectivity index (χ1) is 15.6. The number of rotatable bonds is 5. The molecule has 170 valence electrons. The minimum atomic E-state index is -0.277. The highest BCUT2D eigenvalue weighted by molar-refractivity contribution is 5.94. The molecule has 0 saturated carbocycles. The molecule has 2 heterocycles. The molecule has 1 N–H and O–H groups in total. The molecule has 7 heteroatoms. The number of morpholine rings is 1. The summed E-state index contributed by atoms with van der Waals surface area (Å²) < 4.78 is 18.3. The molecule has 2 saturated heterocycles. The van der Waals surface area contributed by atoms with E-state index in [1.54, 1.807) is 12.1 Å². The third kappa shape index (κ3) is 5.85. The third-order valence-corrected chi connectivity index (χ3v) is 6.28. The zero-order chi connectivity index (χ0) is 22.3. The van der Waals surface area contributed by atoms with E-state index in [0.29, 0.717) is 38.8 Å². The Balaban J connectivity index is 1.21. The van der Waals surface area contributed by atoms with Crippen LogP contribution < -0.4 is 5.32 Å². The van der Waals surface area contributed by atoms with Gasteiger partial charge in [0.25, 0.3) is 5.91 Å². The van der Waals surface area contributed by atoms with Crippen LogP contribution in [0.2, 0.25) is 0 Å². The molecule has 2 aromatic rings. The maximum absolute atomic E-state index is 13.0. The normalized spacial score (nSPS) is 17.3. The standard InChI is InChI=1S/C25H30FN3O3/c26-23-7-3-21(4-8-23)18-27-25(31)29-11-9-20(10-12-29)17-19-1-5-22(6-2-19)24(30)28-13-15-32-16-14-28/h1-8,20H,9-18H2,(H,27,31). The smallest absolute Gasteiger partial charge is 0.317 e. The fraction of sp³-hybridized carbons (Fsp3) is 0.440. The molecule has 2 fully saturated rings. The van der Waals surface area contributed by atoms with Crippen LogP contribution in [0.5, 0.6) is 0 Å². The molecule has 2 aliphatic rings. The van der Waals surface area contributed by atoms with E-state index in [9.17, 15) is 14.0 Å². The minimum absolute atomic E-state index is 0.0693. The number of benzene rings is 2. The molecule has 0 aliphatic carbocycles. The van der Waals surface area contributed by atoms with Crippen LogP contribution in [0, 0.1) is 11.7 Å². The number of likely N-dealkylation sites (tertiary alicyclic amines) is 1. The number of nitrogens with zero attached hydrogens (tertiary/aromatic N) is 2. The van der Waals surface area contributed by atoms with Gasteiger partial charge in [0, 0.05) is 38.3 Å². The van der Waals surface area contributed by atoms with Crippen LogP contribution in [0.15, 0.2) is 48.5 Å². The van der Waals surface area contributed by atoms with Crippen molar-refractivity contribution in [2.75, 3.05) is 39.4 Å². The average Bonchev–Trinajstić information content (AvgIpc) is 2.84. The summed E-state index contributed by atoms with van der Waals surface area (Å²) in [6.45, 7) is 4.36. The Morgan fingerprint density at radius 1 is 0.875 bits per heavy atom. The van der Waals surface area contributed by atoms with E-state index in [1.807, 2.05) is 21.9 Å². The molecule has 2 aliphatic heterocycles. The topological polar surface area (TPSA) is 61.9 Å². The molecule has 4 rings (SSSR count). The second kappa shape index (κ2) is 10.6. The van der Waals surface area contributed by atoms with Crippen LogP contribution in [0.3, 0.4) is 0 Å². The van der Waals surface area contributed by atoms with Gasteiger partial charge < -0.3 is 19.9 Å². The van der Waals surface area contributed by atoms with E-state index >= 15 is 0 Å². The molecule has 2 aromatic carbocycles. The maximum Gasteiger partial charge on any atom is 0.317 e. The van der Waals surface area contributed by atoms with Crippen LogP contribution >= 0.6 is 0 Å². The van der Waals surface area contributed by atoms with Crippen molar-refractivity contribution in [2.45, 2.75) is 25.8 Å². The van der Waals surface area contributed by atoms with Gasteiger partial charge in [-0.1, -0.05) is 24.3 Å². The Morgan fingerprint density at radius 3 is 2.16 bits per heavy atom. The van der Waals surface area contributed by atoms with E-state index in [-0.39, 0.29) is 17.8 Å². The van der Waals surface area contributed by atoms with Crippen molar-refractivity contribution in [1.29, 1.82) is 0 Å². The SMILES string of the molecule is O=C(NCc1ccc(F)cc1)N1CCC(Cc2ccc(C(=O)N3CCOCC3)cc2)CC1. The number of carbonyl (C=O) groups excluding carboxylic acids is 2. The largest absolute Gasteiger partial charge is 0.378 e. The van der Waals surface area contributed by atoms with Crippen LogP contribution in [-0.2, 0) is 17.7 Å². The van der Waals surface area contributed by atoms with Gasteiger partial charge in [0.1, 0.15) is 5.82 Å². The molecule has 3 amide bonds. The number of hydrogen-bond donors (Lipinski definition) is 1. The summed E-state index contributed by atoms with van der Waals surface area (Å²) >= 11 is 0. The van der Waals surface area contributed by atoms with Crippen molar-refractivity contribution in [1.82, 2.24) is 15.1 Å². The summed E-state index contributed by atoms with van der Waals surface area (Å²) in [6, 6.07) is 14.0. The molecule has 0 bridgehead atoms. The number of amides is 3. The number of nitrogens with one attached hydrogen (secondary N) is 1. The van der Waals surface area contributed by atoms with Gasteiger partial charge in [0.2, 0.25) is 0 Å². The number of hydrogen-bond acceptors (Lipinski definition) is 3. The summed E-state index contributed by atoms with van der Waals surface area (Å²) in [5.74, 6) is 0.317. The molecule has 0 atom stereocenters. The van der Waals surface area contributed by atoms with Crippen molar-refractivity contribution in [3.8, 4) is 0 Å². The summed E-state index contributed by atoms with van der Waals surface area (Å²) in [4.78, 5) is 28.7. The average molecular weight is 440 g/mol. The molecule has 0 aromatic heterocycles. The summed E-state index contributed by atoms with van der Waals surface area (Å²) in [6.07, 6.45) is 2.87. The fourth-order valence-corrected chi connectivity index (χ4v) is 4.30. The van der Waals surface area contributed by atoms with Crippen LogP contribution in [0.1, 0.15) is 34.3 Å². The number of ether oxygens (including phenoxy) is 1. The second-order valence-corrected chi connectivity index (χ2v) is 8.52. The van der Waals surface area contributed by atoms with Gasteiger partial charge in [0.05, 0.1) is 13.2 Å². The highest BCUT2D eigenvalue weighted by Gasteiger charge is 2.23. The number of urea groups is 1. The van der Waals surface area contributed by atoms with E-state index in [2.05, 4.69) is 17.4 Å². The zero-order valence-electron chi connectivity index (χ0n) is 18.3. The zero-order valence-corrected chi connectivity index (χ0v) is 18.3. The first-order valence-corrected chi connectivity index (χ1v) is 11.3. The van der Waals surface area contributed by atoms with E-state index in [4.69, 9.17) is 4.74 Å². The Bertz CT molecular complexity index is 903. The van der Waals surface area contributed by atoms with Crippen molar-refractivity contribution >= 4 is 11.9 Å². The lowest BCUT2D eigenvalue weighted by Crippen LogP contribution is -2.44. The second-order valence-electron chi connectivity index (χ2n) is 8.52. The first-order valence-electron chi connectivity index (χ1n) is 11.3. The monoisotopic (exact) mass is 439 g/mol. The van der Waals surface area contributed by atoms with Gasteiger partial charge >= 0.3 is 6.03 Å². The van der Waals surface area contributed by atoms with Gasteiger partial charge in [-0.15, -0.1) is 0 Å². The highest BCUT2D eigenvalue weighted by Crippen LogP contribution is 2.22. The summed E-state index contributed by atoms with van der Waals surface area (Å²) in [7, 11) is 0. The predicted molar refractivity (Wildman–Crippen MR) is 120 cm³/mol. The Morgan fingerprint density at radius 2 is 1.50 bits per heavy atom. The van der Waals surface area contributed by atoms with Gasteiger partial charge in [-0.2, -0.15) is 0 Å². The highest BCUT2D eigenvalue weighted by atomic mass is 19.1. The lowest BCUT2D eigenvalue weighted by atomic mass is 9.90. The van der Waals surface area contributed by atoms with Crippen LogP contribution in [0.25, 0.3) is 0 Å². The van der Waals surface area contributed by atoms with Gasteiger partial charge in [-0.05, 0) is 60.6 Å². The van der Waals surface area contributed by atoms with Crippen molar-refractivity contribution in [3.05, 3.63) is 71.0 Å². The van der Waals surface area contributed by atoms with Crippen molar-refractivity contribution in [3.63, 3.8) is 0 Å². The van der Waals surface area contributed by atoms with Crippen LogP contribution in [-0.4, -0.2) is 61.1 Å². The van der Waals surface area contributed by atoms with E-state index in [1.165, 1.54) is 17.7 Å².